The van der Waals surface area contributed by atoms with Gasteiger partial charge in [-0.3, -0.25) is 0 Å². The summed E-state index contributed by atoms with van der Waals surface area (Å²) in [6.07, 6.45) is 1.53. The highest BCUT2D eigenvalue weighted by atomic mass is 32.2. The van der Waals surface area contributed by atoms with Crippen LogP contribution in [0.1, 0.15) is 23.2 Å². The van der Waals surface area contributed by atoms with Gasteiger partial charge in [0.2, 0.25) is 10.0 Å². The first-order chi connectivity index (χ1) is 13.5. The van der Waals surface area contributed by atoms with Crippen LogP contribution in [0.2, 0.25) is 0 Å². The predicted octanol–water partition coefficient (Wildman–Crippen LogP) is 3.28. The maximum Gasteiger partial charge on any atom is 0.344 e. The summed E-state index contributed by atoms with van der Waals surface area (Å²) in [5.74, 6) is -0.309. The Morgan fingerprint density at radius 1 is 1.07 bits per heavy atom. The largest absolute Gasteiger partial charge is 0.423 e. The molecule has 1 fully saturated rings. The number of benzene rings is 3. The SMILES string of the molecule is O=C(Oc1ccc2c(c1)S(=O)(=O)NC1CCCN21)c1cccc2ccccc12. The molecule has 2 aliphatic rings. The Morgan fingerprint density at radius 2 is 1.89 bits per heavy atom. The smallest absolute Gasteiger partial charge is 0.344 e. The molecule has 0 bridgehead atoms. The zero-order chi connectivity index (χ0) is 19.3. The minimum atomic E-state index is -3.64. The van der Waals surface area contributed by atoms with Crippen LogP contribution in [0, 0.1) is 0 Å². The van der Waals surface area contributed by atoms with Crippen molar-refractivity contribution in [2.24, 2.45) is 0 Å². The molecular weight excluding hydrogens is 376 g/mol. The second-order valence-corrected chi connectivity index (χ2v) is 8.70. The fraction of sp³-hybridized carbons (Fsp3) is 0.190. The quantitative estimate of drug-likeness (QED) is 0.533. The summed E-state index contributed by atoms with van der Waals surface area (Å²) in [6, 6.07) is 17.8. The van der Waals surface area contributed by atoms with Gasteiger partial charge >= 0.3 is 5.97 Å². The van der Waals surface area contributed by atoms with Gasteiger partial charge < -0.3 is 9.64 Å². The lowest BCUT2D eigenvalue weighted by Gasteiger charge is -2.33. The van der Waals surface area contributed by atoms with Gasteiger partial charge in [0.15, 0.2) is 0 Å². The van der Waals surface area contributed by atoms with Crippen LogP contribution in [0.3, 0.4) is 0 Å². The van der Waals surface area contributed by atoms with Crippen molar-refractivity contribution in [2.75, 3.05) is 11.4 Å². The number of nitrogens with zero attached hydrogens (tertiary/aromatic N) is 1. The molecule has 0 spiro atoms. The third-order valence-corrected chi connectivity index (χ3v) is 6.78. The Morgan fingerprint density at radius 3 is 2.79 bits per heavy atom. The highest BCUT2D eigenvalue weighted by Gasteiger charge is 2.38. The van der Waals surface area contributed by atoms with E-state index in [2.05, 4.69) is 4.72 Å². The molecule has 142 valence electrons. The molecule has 0 amide bonds. The Bertz CT molecular complexity index is 1200. The van der Waals surface area contributed by atoms with E-state index in [1.54, 1.807) is 24.3 Å². The van der Waals surface area contributed by atoms with Gasteiger partial charge in [-0.2, -0.15) is 4.72 Å². The van der Waals surface area contributed by atoms with Crippen LogP contribution in [0.15, 0.2) is 65.6 Å². The molecule has 1 N–H and O–H groups in total. The Hall–Kier alpha value is -2.90. The first kappa shape index (κ1) is 17.2. The van der Waals surface area contributed by atoms with Crippen LogP contribution in [0.4, 0.5) is 5.69 Å². The summed E-state index contributed by atoms with van der Waals surface area (Å²) < 4.78 is 33.5. The van der Waals surface area contributed by atoms with Gasteiger partial charge in [0.25, 0.3) is 0 Å². The van der Waals surface area contributed by atoms with Gasteiger partial charge in [-0.1, -0.05) is 36.4 Å². The van der Waals surface area contributed by atoms with E-state index in [-0.39, 0.29) is 16.8 Å². The first-order valence-electron chi connectivity index (χ1n) is 9.16. The van der Waals surface area contributed by atoms with E-state index in [0.717, 1.165) is 30.2 Å². The van der Waals surface area contributed by atoms with Crippen LogP contribution in [-0.2, 0) is 10.0 Å². The van der Waals surface area contributed by atoms with Gasteiger partial charge in [0.1, 0.15) is 10.6 Å². The maximum absolute atomic E-state index is 12.7. The number of carbonyl (C=O) groups is 1. The zero-order valence-corrected chi connectivity index (χ0v) is 15.8. The van der Waals surface area contributed by atoms with Crippen molar-refractivity contribution in [2.45, 2.75) is 23.9 Å². The van der Waals surface area contributed by atoms with Crippen molar-refractivity contribution in [3.63, 3.8) is 0 Å². The molecule has 3 aromatic carbocycles. The minimum absolute atomic E-state index is 0.147. The summed E-state index contributed by atoms with van der Waals surface area (Å²) in [4.78, 5) is 14.9. The molecular formula is C21H18N2O4S. The number of esters is 1. The Balaban J connectivity index is 1.50. The molecule has 0 saturated carbocycles. The minimum Gasteiger partial charge on any atom is -0.423 e. The maximum atomic E-state index is 12.7. The fourth-order valence-electron chi connectivity index (χ4n) is 4.00. The van der Waals surface area contributed by atoms with Gasteiger partial charge in [0, 0.05) is 12.6 Å². The summed E-state index contributed by atoms with van der Waals surface area (Å²) in [5, 5.41) is 1.73. The second kappa shape index (κ2) is 6.32. The standard InChI is InChI=1S/C21H18N2O4S/c24-21(17-8-3-6-14-5-1-2-7-16(14)17)27-15-10-11-18-19(13-15)28(25,26)22-20-9-4-12-23(18)20/h1-3,5-8,10-11,13,20,22H,4,9,12H2. The van der Waals surface area contributed by atoms with Crippen LogP contribution in [-0.4, -0.2) is 27.1 Å². The van der Waals surface area contributed by atoms with Crippen molar-refractivity contribution in [3.8, 4) is 5.75 Å². The molecule has 2 aliphatic heterocycles. The van der Waals surface area contributed by atoms with Crippen molar-refractivity contribution >= 4 is 32.5 Å². The number of sulfonamides is 1. The third-order valence-electron chi connectivity index (χ3n) is 5.29. The van der Waals surface area contributed by atoms with Crippen molar-refractivity contribution < 1.29 is 17.9 Å². The second-order valence-electron chi connectivity index (χ2n) is 7.02. The van der Waals surface area contributed by atoms with Gasteiger partial charge in [-0.15, -0.1) is 0 Å². The molecule has 5 rings (SSSR count). The number of hydrogen-bond acceptors (Lipinski definition) is 5. The summed E-state index contributed by atoms with van der Waals surface area (Å²) in [7, 11) is -3.64. The number of hydrogen-bond donors (Lipinski definition) is 1. The van der Waals surface area contributed by atoms with E-state index in [9.17, 15) is 13.2 Å². The molecule has 28 heavy (non-hydrogen) atoms. The highest BCUT2D eigenvalue weighted by molar-refractivity contribution is 7.89. The van der Waals surface area contributed by atoms with Crippen molar-refractivity contribution in [1.29, 1.82) is 0 Å². The fourth-order valence-corrected chi connectivity index (χ4v) is 5.46. The summed E-state index contributed by atoms with van der Waals surface area (Å²) in [5.41, 5.74) is 1.10. The molecule has 1 unspecified atom stereocenters. The monoisotopic (exact) mass is 394 g/mol. The number of anilines is 1. The number of nitrogens with one attached hydrogen (secondary N) is 1. The molecule has 3 aromatic rings. The van der Waals surface area contributed by atoms with E-state index in [1.807, 2.05) is 35.2 Å². The van der Waals surface area contributed by atoms with Gasteiger partial charge in [-0.25, -0.2) is 13.2 Å². The van der Waals surface area contributed by atoms with E-state index in [4.69, 9.17) is 4.74 Å². The Labute approximate surface area is 162 Å². The van der Waals surface area contributed by atoms with E-state index >= 15 is 0 Å². The lowest BCUT2D eigenvalue weighted by atomic mass is 10.0. The highest BCUT2D eigenvalue weighted by Crippen LogP contribution is 2.37. The predicted molar refractivity (Wildman–Crippen MR) is 106 cm³/mol. The molecule has 6 nitrogen and oxygen atoms in total. The Kier molecular flexibility index (Phi) is 3.89. The molecule has 2 heterocycles. The van der Waals surface area contributed by atoms with Gasteiger partial charge in [0.05, 0.1) is 17.4 Å². The molecule has 1 saturated heterocycles. The summed E-state index contributed by atoms with van der Waals surface area (Å²) >= 11 is 0. The normalized spacial score (nSPS) is 19.9. The van der Waals surface area contributed by atoms with Crippen LogP contribution in [0.25, 0.3) is 10.8 Å². The molecule has 1 atom stereocenters. The number of rotatable bonds is 2. The van der Waals surface area contributed by atoms with E-state index in [1.165, 1.54) is 6.07 Å². The molecule has 0 radical (unpaired) electrons. The average Bonchev–Trinajstić information content (AvgIpc) is 3.15. The van der Waals surface area contributed by atoms with E-state index in [0.29, 0.717) is 11.3 Å². The van der Waals surface area contributed by atoms with Crippen molar-refractivity contribution in [3.05, 3.63) is 66.2 Å². The average molecular weight is 394 g/mol. The number of ether oxygens (including phenoxy) is 1. The summed E-state index contributed by atoms with van der Waals surface area (Å²) in [6.45, 7) is 0.801. The molecule has 7 heteroatoms. The van der Waals surface area contributed by atoms with E-state index < -0.39 is 16.0 Å². The van der Waals surface area contributed by atoms with Crippen LogP contribution < -0.4 is 14.4 Å². The number of fused-ring (bicyclic) bond motifs is 4. The lowest BCUT2D eigenvalue weighted by molar-refractivity contribution is 0.0736. The third kappa shape index (κ3) is 2.75. The molecule has 0 aliphatic carbocycles. The van der Waals surface area contributed by atoms with Crippen molar-refractivity contribution in [1.82, 2.24) is 4.72 Å². The lowest BCUT2D eigenvalue weighted by Crippen LogP contribution is -2.48. The van der Waals surface area contributed by atoms with Crippen LogP contribution in [0.5, 0.6) is 5.75 Å². The van der Waals surface area contributed by atoms with Crippen LogP contribution >= 0.6 is 0 Å². The topological polar surface area (TPSA) is 75.7 Å². The first-order valence-corrected chi connectivity index (χ1v) is 10.6. The zero-order valence-electron chi connectivity index (χ0n) is 15.0. The molecule has 0 aromatic heterocycles. The van der Waals surface area contributed by atoms with Gasteiger partial charge in [-0.05, 0) is 41.8 Å². The number of carbonyl (C=O) groups excluding carboxylic acids is 1.